The second-order valence-corrected chi connectivity index (χ2v) is 4.99. The minimum atomic E-state index is -1.54. The van der Waals surface area contributed by atoms with Gasteiger partial charge in [0.25, 0.3) is 0 Å². The van der Waals surface area contributed by atoms with E-state index in [1.54, 1.807) is 7.05 Å². The minimum Gasteiger partial charge on any atom is -0.310 e. The zero-order valence-corrected chi connectivity index (χ0v) is 12.5. The van der Waals surface area contributed by atoms with Gasteiger partial charge in [0.1, 0.15) is 5.82 Å². The maximum atomic E-state index is 13.1. The van der Waals surface area contributed by atoms with Crippen molar-refractivity contribution in [3.8, 4) is 0 Å². The Hall–Kier alpha value is -2.31. The van der Waals surface area contributed by atoms with Gasteiger partial charge >= 0.3 is 0 Å². The monoisotopic (exact) mass is 311 g/mol. The molecule has 0 spiro atoms. The standard InChI is InChI=1S/C15H16F3N3O/c1-4-10-8(2)20-21(3)15(10)19-13(22)7-9-5-11(16)14(18)12(17)6-9/h5-6H,4,7H2,1-3H3,(H,19,22). The Kier molecular flexibility index (Phi) is 4.54. The number of rotatable bonds is 4. The molecule has 1 N–H and O–H groups in total. The third kappa shape index (κ3) is 3.13. The van der Waals surface area contributed by atoms with Crippen LogP contribution in [-0.4, -0.2) is 15.7 Å². The fraction of sp³-hybridized carbons (Fsp3) is 0.333. The first kappa shape index (κ1) is 16.1. The van der Waals surface area contributed by atoms with Gasteiger partial charge < -0.3 is 5.32 Å². The summed E-state index contributed by atoms with van der Waals surface area (Å²) in [6.07, 6.45) is 0.427. The number of aromatic nitrogens is 2. The molecule has 4 nitrogen and oxygen atoms in total. The zero-order valence-electron chi connectivity index (χ0n) is 12.5. The number of carbonyl (C=O) groups excluding carboxylic acids is 1. The third-order valence-corrected chi connectivity index (χ3v) is 3.37. The maximum absolute atomic E-state index is 13.1. The van der Waals surface area contributed by atoms with Crippen LogP contribution in [0.5, 0.6) is 0 Å². The van der Waals surface area contributed by atoms with E-state index in [-0.39, 0.29) is 12.0 Å². The minimum absolute atomic E-state index is 0.0610. The topological polar surface area (TPSA) is 46.9 Å². The van der Waals surface area contributed by atoms with Gasteiger partial charge in [0.05, 0.1) is 12.1 Å². The number of nitrogens with zero attached hydrogens (tertiary/aromatic N) is 2. The first-order valence-corrected chi connectivity index (χ1v) is 6.79. The summed E-state index contributed by atoms with van der Waals surface area (Å²) in [6.45, 7) is 3.77. The largest absolute Gasteiger partial charge is 0.310 e. The van der Waals surface area contributed by atoms with E-state index in [1.807, 2.05) is 13.8 Å². The van der Waals surface area contributed by atoms with Gasteiger partial charge in [-0.2, -0.15) is 5.10 Å². The molecule has 1 aromatic carbocycles. The first-order chi connectivity index (χ1) is 10.3. The van der Waals surface area contributed by atoms with Crippen LogP contribution in [0.25, 0.3) is 0 Å². The highest BCUT2D eigenvalue weighted by molar-refractivity contribution is 5.92. The number of hydrogen-bond donors (Lipinski definition) is 1. The molecule has 1 heterocycles. The molecule has 118 valence electrons. The second-order valence-electron chi connectivity index (χ2n) is 4.99. The summed E-state index contributed by atoms with van der Waals surface area (Å²) < 4.78 is 40.7. The van der Waals surface area contributed by atoms with Crippen LogP contribution in [0.2, 0.25) is 0 Å². The van der Waals surface area contributed by atoms with Crippen molar-refractivity contribution < 1.29 is 18.0 Å². The summed E-state index contributed by atoms with van der Waals surface area (Å²) in [5.74, 6) is -4.07. The van der Waals surface area contributed by atoms with Crippen molar-refractivity contribution in [2.75, 3.05) is 5.32 Å². The predicted octanol–water partition coefficient (Wildman–Crippen LogP) is 2.89. The molecule has 1 aromatic heterocycles. The molecule has 7 heteroatoms. The molecule has 2 aromatic rings. The van der Waals surface area contributed by atoms with Crippen molar-refractivity contribution in [2.45, 2.75) is 26.7 Å². The number of amides is 1. The van der Waals surface area contributed by atoms with Gasteiger partial charge in [-0.1, -0.05) is 6.92 Å². The average Bonchev–Trinajstić information content (AvgIpc) is 2.69. The summed E-state index contributed by atoms with van der Waals surface area (Å²) in [6, 6.07) is 1.63. The van der Waals surface area contributed by atoms with E-state index in [4.69, 9.17) is 0 Å². The van der Waals surface area contributed by atoms with Gasteiger partial charge in [0, 0.05) is 12.6 Å². The lowest BCUT2D eigenvalue weighted by molar-refractivity contribution is -0.115. The number of halogens is 3. The van der Waals surface area contributed by atoms with Crippen molar-refractivity contribution >= 4 is 11.7 Å². The lowest BCUT2D eigenvalue weighted by Gasteiger charge is -2.08. The number of hydrogen-bond acceptors (Lipinski definition) is 2. The third-order valence-electron chi connectivity index (χ3n) is 3.37. The fourth-order valence-corrected chi connectivity index (χ4v) is 2.35. The number of nitrogens with one attached hydrogen (secondary N) is 1. The average molecular weight is 311 g/mol. The normalized spacial score (nSPS) is 10.8. The predicted molar refractivity (Wildman–Crippen MR) is 76.0 cm³/mol. The van der Waals surface area contributed by atoms with Gasteiger partial charge in [-0.3, -0.25) is 9.48 Å². The van der Waals surface area contributed by atoms with Crippen LogP contribution in [0.1, 0.15) is 23.7 Å². The number of anilines is 1. The van der Waals surface area contributed by atoms with Gasteiger partial charge in [0.2, 0.25) is 5.91 Å². The highest BCUT2D eigenvalue weighted by Crippen LogP contribution is 2.20. The van der Waals surface area contributed by atoms with Crippen LogP contribution < -0.4 is 5.32 Å². The molecule has 2 rings (SSSR count). The van der Waals surface area contributed by atoms with Crippen molar-refractivity contribution in [1.29, 1.82) is 0 Å². The molecule has 0 aliphatic rings. The van der Waals surface area contributed by atoms with Gasteiger partial charge in [-0.25, -0.2) is 13.2 Å². The van der Waals surface area contributed by atoms with E-state index in [9.17, 15) is 18.0 Å². The molecule has 0 saturated heterocycles. The number of benzene rings is 1. The van der Waals surface area contributed by atoms with Crippen molar-refractivity contribution in [3.63, 3.8) is 0 Å². The molecule has 0 radical (unpaired) electrons. The van der Waals surface area contributed by atoms with E-state index in [0.717, 1.165) is 23.4 Å². The van der Waals surface area contributed by atoms with Crippen molar-refractivity contribution in [3.05, 3.63) is 46.4 Å². The van der Waals surface area contributed by atoms with E-state index < -0.39 is 23.4 Å². The molecule has 0 aliphatic heterocycles. The molecule has 0 fully saturated rings. The van der Waals surface area contributed by atoms with Crippen molar-refractivity contribution in [1.82, 2.24) is 9.78 Å². The van der Waals surface area contributed by atoms with Crippen LogP contribution in [0.3, 0.4) is 0 Å². The summed E-state index contributed by atoms with van der Waals surface area (Å²) in [7, 11) is 1.69. The zero-order chi connectivity index (χ0) is 16.4. The van der Waals surface area contributed by atoms with E-state index in [0.29, 0.717) is 12.2 Å². The quantitative estimate of drug-likeness (QED) is 0.883. The Bertz CT molecular complexity index is 702. The highest BCUT2D eigenvalue weighted by atomic mass is 19.2. The van der Waals surface area contributed by atoms with E-state index in [1.165, 1.54) is 4.68 Å². The summed E-state index contributed by atoms with van der Waals surface area (Å²) in [5, 5.41) is 6.89. The summed E-state index contributed by atoms with van der Waals surface area (Å²) >= 11 is 0. The van der Waals surface area contributed by atoms with Crippen LogP contribution >= 0.6 is 0 Å². The van der Waals surface area contributed by atoms with Crippen LogP contribution in [0.4, 0.5) is 19.0 Å². The molecular formula is C15H16F3N3O. The molecule has 0 saturated carbocycles. The van der Waals surface area contributed by atoms with Crippen molar-refractivity contribution in [2.24, 2.45) is 7.05 Å². The fourth-order valence-electron chi connectivity index (χ4n) is 2.35. The first-order valence-electron chi connectivity index (χ1n) is 6.79. The molecular weight excluding hydrogens is 295 g/mol. The second kappa shape index (κ2) is 6.21. The lowest BCUT2D eigenvalue weighted by atomic mass is 10.1. The van der Waals surface area contributed by atoms with Gasteiger partial charge in [-0.05, 0) is 31.0 Å². The van der Waals surface area contributed by atoms with Gasteiger partial charge in [0.15, 0.2) is 17.5 Å². The SMILES string of the molecule is CCc1c(C)nn(C)c1NC(=O)Cc1cc(F)c(F)c(F)c1. The van der Waals surface area contributed by atoms with E-state index >= 15 is 0 Å². The van der Waals surface area contributed by atoms with Gasteiger partial charge in [-0.15, -0.1) is 0 Å². The number of aryl methyl sites for hydroxylation is 2. The molecule has 22 heavy (non-hydrogen) atoms. The van der Waals surface area contributed by atoms with Crippen LogP contribution in [0.15, 0.2) is 12.1 Å². The Labute approximate surface area is 125 Å². The van der Waals surface area contributed by atoms with Crippen LogP contribution in [0, 0.1) is 24.4 Å². The smallest absolute Gasteiger partial charge is 0.229 e. The highest BCUT2D eigenvalue weighted by Gasteiger charge is 2.16. The maximum Gasteiger partial charge on any atom is 0.229 e. The summed E-state index contributed by atoms with van der Waals surface area (Å²) in [4.78, 5) is 12.0. The van der Waals surface area contributed by atoms with E-state index in [2.05, 4.69) is 10.4 Å². The molecule has 0 aliphatic carbocycles. The van der Waals surface area contributed by atoms with Crippen LogP contribution in [-0.2, 0) is 24.7 Å². The number of carbonyl (C=O) groups is 1. The summed E-state index contributed by atoms with van der Waals surface area (Å²) in [5.41, 5.74) is 1.76. The molecule has 0 atom stereocenters. The molecule has 0 bridgehead atoms. The molecule has 0 unspecified atom stereocenters. The lowest BCUT2D eigenvalue weighted by Crippen LogP contribution is -2.18. The Morgan fingerprint density at radius 3 is 2.41 bits per heavy atom. The Balaban J connectivity index is 2.18. The Morgan fingerprint density at radius 1 is 1.27 bits per heavy atom. The molecule has 1 amide bonds. The Morgan fingerprint density at radius 2 is 1.86 bits per heavy atom.